The van der Waals surface area contributed by atoms with Gasteiger partial charge in [0.1, 0.15) is 5.01 Å². The molecule has 1 aromatic heterocycles. The van der Waals surface area contributed by atoms with Crippen LogP contribution in [0.25, 0.3) is 0 Å². The van der Waals surface area contributed by atoms with E-state index in [9.17, 15) is 0 Å². The smallest absolute Gasteiger partial charge is 0.203 e. The second-order valence-electron chi connectivity index (χ2n) is 3.45. The lowest BCUT2D eigenvalue weighted by Gasteiger charge is -2.00. The minimum Gasteiger partial charge on any atom is -0.374 e. The van der Waals surface area contributed by atoms with Crippen LogP contribution in [-0.4, -0.2) is 16.0 Å². The molecule has 0 aliphatic carbocycles. The summed E-state index contributed by atoms with van der Waals surface area (Å²) >= 11 is 3.30. The van der Waals surface area contributed by atoms with Crippen LogP contribution in [-0.2, 0) is 6.42 Å². The second kappa shape index (κ2) is 5.32. The Hall–Kier alpha value is -1.07. The molecule has 84 valence electrons. The van der Waals surface area contributed by atoms with Gasteiger partial charge in [0.05, 0.1) is 0 Å². The summed E-state index contributed by atoms with van der Waals surface area (Å²) in [5.74, 6) is 1.01. The summed E-state index contributed by atoms with van der Waals surface area (Å²) in [6, 6.07) is 8.56. The van der Waals surface area contributed by atoms with Crippen LogP contribution < -0.4 is 5.73 Å². The van der Waals surface area contributed by atoms with E-state index in [2.05, 4.69) is 41.4 Å². The number of benzene rings is 1. The number of hydrogen-bond acceptors (Lipinski definition) is 5. The molecule has 0 atom stereocenters. The standard InChI is InChI=1S/C11H13N3S2/c1-8-2-4-9(5-3-8)15-7-6-10-13-14-11(12)16-10/h2-5H,6-7H2,1H3,(H2,12,14). The molecule has 16 heavy (non-hydrogen) atoms. The van der Waals surface area contributed by atoms with E-state index in [1.807, 2.05) is 11.8 Å². The highest BCUT2D eigenvalue weighted by Gasteiger charge is 2.01. The normalized spacial score (nSPS) is 10.6. The highest BCUT2D eigenvalue weighted by Crippen LogP contribution is 2.20. The molecule has 0 aliphatic rings. The van der Waals surface area contributed by atoms with Crippen molar-refractivity contribution in [3.05, 3.63) is 34.8 Å². The average molecular weight is 251 g/mol. The maximum Gasteiger partial charge on any atom is 0.203 e. The maximum absolute atomic E-state index is 5.52. The van der Waals surface area contributed by atoms with Gasteiger partial charge < -0.3 is 5.73 Å². The van der Waals surface area contributed by atoms with E-state index in [0.717, 1.165) is 17.2 Å². The Labute approximate surface area is 103 Å². The fourth-order valence-corrected chi connectivity index (χ4v) is 2.86. The quantitative estimate of drug-likeness (QED) is 0.849. The molecule has 3 nitrogen and oxygen atoms in total. The fraction of sp³-hybridized carbons (Fsp3) is 0.273. The van der Waals surface area contributed by atoms with Crippen molar-refractivity contribution in [3.8, 4) is 0 Å². The van der Waals surface area contributed by atoms with Crippen LogP contribution in [0.3, 0.4) is 0 Å². The van der Waals surface area contributed by atoms with Gasteiger partial charge in [-0.2, -0.15) is 0 Å². The van der Waals surface area contributed by atoms with Gasteiger partial charge in [-0.1, -0.05) is 29.0 Å². The molecular formula is C11H13N3S2. The number of aromatic nitrogens is 2. The predicted octanol–water partition coefficient (Wildman–Crippen LogP) is 2.76. The number of rotatable bonds is 4. The lowest BCUT2D eigenvalue weighted by molar-refractivity contribution is 0.993. The molecule has 0 bridgehead atoms. The summed E-state index contributed by atoms with van der Waals surface area (Å²) < 4.78 is 0. The van der Waals surface area contributed by atoms with Gasteiger partial charge in [-0.15, -0.1) is 22.0 Å². The fourth-order valence-electron chi connectivity index (χ4n) is 1.26. The minimum absolute atomic E-state index is 0.551. The highest BCUT2D eigenvalue weighted by molar-refractivity contribution is 7.99. The number of thioether (sulfide) groups is 1. The van der Waals surface area contributed by atoms with E-state index >= 15 is 0 Å². The molecule has 5 heteroatoms. The van der Waals surface area contributed by atoms with Crippen molar-refractivity contribution in [1.29, 1.82) is 0 Å². The van der Waals surface area contributed by atoms with Crippen molar-refractivity contribution >= 4 is 28.2 Å². The van der Waals surface area contributed by atoms with Crippen LogP contribution in [0.15, 0.2) is 29.2 Å². The van der Waals surface area contributed by atoms with E-state index < -0.39 is 0 Å². The Morgan fingerprint density at radius 3 is 2.62 bits per heavy atom. The molecule has 0 unspecified atom stereocenters. The number of anilines is 1. The SMILES string of the molecule is Cc1ccc(SCCc2nnc(N)s2)cc1. The molecular weight excluding hydrogens is 238 g/mol. The number of nitrogens with two attached hydrogens (primary N) is 1. The number of nitrogens with zero attached hydrogens (tertiary/aromatic N) is 2. The third-order valence-electron chi connectivity index (χ3n) is 2.09. The first-order valence-electron chi connectivity index (χ1n) is 5.01. The molecule has 2 aromatic rings. The number of hydrogen-bond donors (Lipinski definition) is 1. The van der Waals surface area contributed by atoms with E-state index in [-0.39, 0.29) is 0 Å². The number of aryl methyl sites for hydroxylation is 2. The summed E-state index contributed by atoms with van der Waals surface area (Å²) in [5, 5.41) is 9.34. The Kier molecular flexibility index (Phi) is 3.79. The lowest BCUT2D eigenvalue weighted by Crippen LogP contribution is -1.87. The van der Waals surface area contributed by atoms with Crippen molar-refractivity contribution in [3.63, 3.8) is 0 Å². The Bertz CT molecular complexity index is 451. The lowest BCUT2D eigenvalue weighted by atomic mass is 10.2. The van der Waals surface area contributed by atoms with Gasteiger partial charge in [-0.3, -0.25) is 0 Å². The van der Waals surface area contributed by atoms with Gasteiger partial charge in [0.25, 0.3) is 0 Å². The van der Waals surface area contributed by atoms with Crippen molar-refractivity contribution < 1.29 is 0 Å². The molecule has 0 spiro atoms. The van der Waals surface area contributed by atoms with E-state index in [0.29, 0.717) is 5.13 Å². The van der Waals surface area contributed by atoms with Crippen molar-refractivity contribution in [2.24, 2.45) is 0 Å². The monoisotopic (exact) mass is 251 g/mol. The molecule has 2 N–H and O–H groups in total. The van der Waals surface area contributed by atoms with Crippen LogP contribution in [0.1, 0.15) is 10.6 Å². The first-order valence-corrected chi connectivity index (χ1v) is 6.81. The molecule has 0 saturated carbocycles. The Morgan fingerprint density at radius 1 is 1.25 bits per heavy atom. The van der Waals surface area contributed by atoms with Gasteiger partial charge in [-0.25, -0.2) is 0 Å². The molecule has 0 fully saturated rings. The highest BCUT2D eigenvalue weighted by atomic mass is 32.2. The van der Waals surface area contributed by atoms with Crippen LogP contribution in [0.2, 0.25) is 0 Å². The first kappa shape index (κ1) is 11.4. The summed E-state index contributed by atoms with van der Waals surface area (Å²) in [6.07, 6.45) is 0.924. The summed E-state index contributed by atoms with van der Waals surface area (Å²) in [7, 11) is 0. The first-order chi connectivity index (χ1) is 7.74. The van der Waals surface area contributed by atoms with Crippen LogP contribution in [0.4, 0.5) is 5.13 Å². The van der Waals surface area contributed by atoms with Crippen molar-refractivity contribution in [1.82, 2.24) is 10.2 Å². The summed E-state index contributed by atoms with van der Waals surface area (Å²) in [6.45, 7) is 2.10. The van der Waals surface area contributed by atoms with Gasteiger partial charge in [0.2, 0.25) is 5.13 Å². The summed E-state index contributed by atoms with van der Waals surface area (Å²) in [4.78, 5) is 1.29. The van der Waals surface area contributed by atoms with Crippen LogP contribution in [0, 0.1) is 6.92 Å². The van der Waals surface area contributed by atoms with Crippen molar-refractivity contribution in [2.45, 2.75) is 18.2 Å². The number of nitrogen functional groups attached to an aromatic ring is 1. The topological polar surface area (TPSA) is 51.8 Å². The molecule has 0 radical (unpaired) electrons. The van der Waals surface area contributed by atoms with Crippen LogP contribution in [0.5, 0.6) is 0 Å². The Balaban J connectivity index is 1.82. The average Bonchev–Trinajstić information content (AvgIpc) is 2.67. The Morgan fingerprint density at radius 2 is 2.00 bits per heavy atom. The van der Waals surface area contributed by atoms with Crippen molar-refractivity contribution in [2.75, 3.05) is 11.5 Å². The third-order valence-corrected chi connectivity index (χ3v) is 3.91. The predicted molar refractivity (Wildman–Crippen MR) is 69.9 cm³/mol. The van der Waals surface area contributed by atoms with E-state index in [1.165, 1.54) is 21.8 Å². The zero-order chi connectivity index (χ0) is 11.4. The second-order valence-corrected chi connectivity index (χ2v) is 5.71. The molecule has 1 aromatic carbocycles. The molecule has 2 rings (SSSR count). The van der Waals surface area contributed by atoms with E-state index in [1.54, 1.807) is 0 Å². The molecule has 0 amide bonds. The van der Waals surface area contributed by atoms with Gasteiger partial charge in [0.15, 0.2) is 0 Å². The molecule has 0 aliphatic heterocycles. The third kappa shape index (κ3) is 3.21. The zero-order valence-electron chi connectivity index (χ0n) is 9.01. The minimum atomic E-state index is 0.551. The largest absolute Gasteiger partial charge is 0.374 e. The summed E-state index contributed by atoms with van der Waals surface area (Å²) in [5.41, 5.74) is 6.81. The molecule has 1 heterocycles. The van der Waals surface area contributed by atoms with E-state index in [4.69, 9.17) is 5.73 Å². The van der Waals surface area contributed by atoms with Gasteiger partial charge in [0, 0.05) is 17.1 Å². The van der Waals surface area contributed by atoms with Gasteiger partial charge >= 0.3 is 0 Å². The molecule has 0 saturated heterocycles. The zero-order valence-corrected chi connectivity index (χ0v) is 10.6. The maximum atomic E-state index is 5.52. The van der Waals surface area contributed by atoms with Gasteiger partial charge in [-0.05, 0) is 19.1 Å². The van der Waals surface area contributed by atoms with Crippen LogP contribution >= 0.6 is 23.1 Å².